The van der Waals surface area contributed by atoms with E-state index in [1.807, 2.05) is 0 Å². The summed E-state index contributed by atoms with van der Waals surface area (Å²) in [7, 11) is 1.42. The summed E-state index contributed by atoms with van der Waals surface area (Å²) in [6.45, 7) is 0. The normalized spacial score (nSPS) is 19.1. The number of esters is 2. The third-order valence-electron chi connectivity index (χ3n) is 3.10. The van der Waals surface area contributed by atoms with E-state index in [1.165, 1.54) is 7.11 Å². The summed E-state index contributed by atoms with van der Waals surface area (Å²) in [4.78, 5) is 21.7. The molecule has 1 unspecified atom stereocenters. The molecule has 1 heterocycles. The number of hydrogen-bond donors (Lipinski definition) is 0. The number of ether oxygens (including phenoxy) is 2. The van der Waals surface area contributed by atoms with E-state index in [4.69, 9.17) is 4.74 Å². The molecule has 0 spiro atoms. The summed E-state index contributed by atoms with van der Waals surface area (Å²) < 4.78 is 9.70. The fraction of sp³-hybridized carbons (Fsp3) is 0.846. The van der Waals surface area contributed by atoms with E-state index in [-0.39, 0.29) is 18.0 Å². The third-order valence-corrected chi connectivity index (χ3v) is 3.10. The molecule has 0 N–H and O–H groups in total. The highest BCUT2D eigenvalue weighted by Crippen LogP contribution is 2.19. The Kier molecular flexibility index (Phi) is 6.67. The highest BCUT2D eigenvalue weighted by Gasteiger charge is 2.22. The van der Waals surface area contributed by atoms with Gasteiger partial charge in [-0.2, -0.15) is 0 Å². The van der Waals surface area contributed by atoms with Crippen LogP contribution in [0.5, 0.6) is 0 Å². The molecule has 0 bridgehead atoms. The Morgan fingerprint density at radius 1 is 1.29 bits per heavy atom. The first-order valence-electron chi connectivity index (χ1n) is 6.48. The van der Waals surface area contributed by atoms with Crippen LogP contribution in [0, 0.1) is 0 Å². The quantitative estimate of drug-likeness (QED) is 0.485. The van der Waals surface area contributed by atoms with Crippen molar-refractivity contribution >= 4 is 11.9 Å². The smallest absolute Gasteiger partial charge is 0.306 e. The molecule has 0 aromatic rings. The Bertz CT molecular complexity index is 250. The standard InChI is InChI=1S/C13H22O4/c1-16-12(14)8-6-4-2-3-5-7-11-9-10-13(15)17-11/h11H,2-10H2,1H3. The van der Waals surface area contributed by atoms with E-state index >= 15 is 0 Å². The zero-order chi connectivity index (χ0) is 12.5. The van der Waals surface area contributed by atoms with Gasteiger partial charge in [-0.05, 0) is 25.7 Å². The van der Waals surface area contributed by atoms with Gasteiger partial charge in [0.05, 0.1) is 7.11 Å². The fourth-order valence-electron chi connectivity index (χ4n) is 2.06. The van der Waals surface area contributed by atoms with Crippen LogP contribution in [0.4, 0.5) is 0 Å². The Morgan fingerprint density at radius 3 is 2.65 bits per heavy atom. The molecule has 1 rings (SSSR count). The van der Waals surface area contributed by atoms with E-state index in [9.17, 15) is 9.59 Å². The van der Waals surface area contributed by atoms with Crippen molar-refractivity contribution < 1.29 is 19.1 Å². The van der Waals surface area contributed by atoms with Gasteiger partial charge in [0.2, 0.25) is 0 Å². The van der Waals surface area contributed by atoms with Gasteiger partial charge in [0.1, 0.15) is 6.10 Å². The Hall–Kier alpha value is -1.06. The molecule has 98 valence electrons. The second-order valence-electron chi connectivity index (χ2n) is 4.53. The van der Waals surface area contributed by atoms with E-state index < -0.39 is 0 Å². The van der Waals surface area contributed by atoms with Gasteiger partial charge >= 0.3 is 11.9 Å². The molecule has 0 saturated carbocycles. The van der Waals surface area contributed by atoms with Crippen molar-refractivity contribution in [3.8, 4) is 0 Å². The highest BCUT2D eigenvalue weighted by atomic mass is 16.5. The number of carbonyl (C=O) groups excluding carboxylic acids is 2. The molecule has 17 heavy (non-hydrogen) atoms. The molecule has 0 aromatic heterocycles. The SMILES string of the molecule is COC(=O)CCCCCCCC1CCC(=O)O1. The number of unbranched alkanes of at least 4 members (excludes halogenated alkanes) is 4. The minimum Gasteiger partial charge on any atom is -0.469 e. The lowest BCUT2D eigenvalue weighted by atomic mass is 10.1. The molecule has 0 aliphatic carbocycles. The van der Waals surface area contributed by atoms with Crippen LogP contribution in [0.1, 0.15) is 57.8 Å². The van der Waals surface area contributed by atoms with Crippen molar-refractivity contribution in [1.29, 1.82) is 0 Å². The van der Waals surface area contributed by atoms with Crippen LogP contribution in [0.3, 0.4) is 0 Å². The summed E-state index contributed by atoms with van der Waals surface area (Å²) >= 11 is 0. The maximum Gasteiger partial charge on any atom is 0.306 e. The molecule has 1 atom stereocenters. The third kappa shape index (κ3) is 6.29. The number of carbonyl (C=O) groups is 2. The average molecular weight is 242 g/mol. The Balaban J connectivity index is 1.84. The molecule has 0 aromatic carbocycles. The molecule has 1 fully saturated rings. The zero-order valence-electron chi connectivity index (χ0n) is 10.6. The van der Waals surface area contributed by atoms with Crippen molar-refractivity contribution in [3.05, 3.63) is 0 Å². The molecule has 1 aliphatic rings. The first-order chi connectivity index (χ1) is 8.22. The fourth-order valence-corrected chi connectivity index (χ4v) is 2.06. The van der Waals surface area contributed by atoms with Gasteiger partial charge in [-0.3, -0.25) is 9.59 Å². The van der Waals surface area contributed by atoms with Crippen LogP contribution < -0.4 is 0 Å². The first kappa shape index (κ1) is 14.0. The topological polar surface area (TPSA) is 52.6 Å². The number of hydrogen-bond acceptors (Lipinski definition) is 4. The van der Waals surface area contributed by atoms with E-state index in [0.717, 1.165) is 44.9 Å². The van der Waals surface area contributed by atoms with Gasteiger partial charge < -0.3 is 9.47 Å². The summed E-state index contributed by atoms with van der Waals surface area (Å²) in [5.41, 5.74) is 0. The second-order valence-corrected chi connectivity index (χ2v) is 4.53. The van der Waals surface area contributed by atoms with Crippen LogP contribution >= 0.6 is 0 Å². The lowest BCUT2D eigenvalue weighted by Crippen LogP contribution is -2.06. The molecule has 1 aliphatic heterocycles. The van der Waals surface area contributed by atoms with Crippen molar-refractivity contribution in [1.82, 2.24) is 0 Å². The minimum absolute atomic E-state index is 0.0481. The average Bonchev–Trinajstić information content (AvgIpc) is 2.73. The molecule has 1 saturated heterocycles. The molecular formula is C13H22O4. The Morgan fingerprint density at radius 2 is 2.00 bits per heavy atom. The van der Waals surface area contributed by atoms with Gasteiger partial charge in [0.25, 0.3) is 0 Å². The monoisotopic (exact) mass is 242 g/mol. The summed E-state index contributed by atoms with van der Waals surface area (Å²) in [5.74, 6) is -0.170. The van der Waals surface area contributed by atoms with Crippen LogP contribution in [-0.4, -0.2) is 25.2 Å². The Labute approximate surface area is 103 Å². The summed E-state index contributed by atoms with van der Waals surface area (Å²) in [6, 6.07) is 0. The van der Waals surface area contributed by atoms with Crippen molar-refractivity contribution in [3.63, 3.8) is 0 Å². The molecule has 4 heteroatoms. The number of rotatable bonds is 8. The van der Waals surface area contributed by atoms with Crippen LogP contribution in [-0.2, 0) is 19.1 Å². The van der Waals surface area contributed by atoms with Crippen LogP contribution in [0.25, 0.3) is 0 Å². The molecule has 0 amide bonds. The molecule has 0 radical (unpaired) electrons. The molecular weight excluding hydrogens is 220 g/mol. The van der Waals surface area contributed by atoms with Crippen molar-refractivity contribution in [2.75, 3.05) is 7.11 Å². The van der Waals surface area contributed by atoms with E-state index in [0.29, 0.717) is 12.8 Å². The second kappa shape index (κ2) is 8.09. The first-order valence-corrected chi connectivity index (χ1v) is 6.48. The maximum atomic E-state index is 10.9. The lowest BCUT2D eigenvalue weighted by Gasteiger charge is -2.08. The maximum absolute atomic E-state index is 10.9. The highest BCUT2D eigenvalue weighted by molar-refractivity contribution is 5.71. The summed E-state index contributed by atoms with van der Waals surface area (Å²) in [6.07, 6.45) is 8.52. The van der Waals surface area contributed by atoms with Gasteiger partial charge in [-0.1, -0.05) is 19.3 Å². The van der Waals surface area contributed by atoms with E-state index in [2.05, 4.69) is 4.74 Å². The predicted octanol–water partition coefficient (Wildman–Crippen LogP) is 2.60. The van der Waals surface area contributed by atoms with Crippen molar-refractivity contribution in [2.45, 2.75) is 63.9 Å². The van der Waals surface area contributed by atoms with Gasteiger partial charge in [-0.25, -0.2) is 0 Å². The van der Waals surface area contributed by atoms with Gasteiger partial charge in [-0.15, -0.1) is 0 Å². The van der Waals surface area contributed by atoms with Crippen LogP contribution in [0.2, 0.25) is 0 Å². The van der Waals surface area contributed by atoms with Gasteiger partial charge in [0.15, 0.2) is 0 Å². The predicted molar refractivity (Wildman–Crippen MR) is 63.4 cm³/mol. The van der Waals surface area contributed by atoms with E-state index in [1.54, 1.807) is 0 Å². The minimum atomic E-state index is -0.122. The summed E-state index contributed by atoms with van der Waals surface area (Å²) in [5, 5.41) is 0. The van der Waals surface area contributed by atoms with Crippen molar-refractivity contribution in [2.24, 2.45) is 0 Å². The van der Waals surface area contributed by atoms with Crippen LogP contribution in [0.15, 0.2) is 0 Å². The lowest BCUT2D eigenvalue weighted by molar-refractivity contribution is -0.142. The molecule has 4 nitrogen and oxygen atoms in total. The largest absolute Gasteiger partial charge is 0.469 e. The number of cyclic esters (lactones) is 1. The van der Waals surface area contributed by atoms with Gasteiger partial charge in [0, 0.05) is 12.8 Å². The zero-order valence-corrected chi connectivity index (χ0v) is 10.6. The number of methoxy groups -OCH3 is 1.